The van der Waals surface area contributed by atoms with E-state index >= 15 is 0 Å². The molecular weight excluding hydrogens is 308 g/mol. The van der Waals surface area contributed by atoms with Gasteiger partial charge in [-0.3, -0.25) is 0 Å². The van der Waals surface area contributed by atoms with Crippen LogP contribution in [0.25, 0.3) is 11.1 Å². The zero-order valence-corrected chi connectivity index (χ0v) is 13.2. The highest BCUT2D eigenvalue weighted by molar-refractivity contribution is 5.91. The normalized spacial score (nSPS) is 10.5. The Morgan fingerprint density at radius 1 is 1.29 bits per heavy atom. The van der Waals surface area contributed by atoms with Gasteiger partial charge >= 0.3 is 5.97 Å². The van der Waals surface area contributed by atoms with Crippen LogP contribution in [0.3, 0.4) is 0 Å². The van der Waals surface area contributed by atoms with Gasteiger partial charge in [-0.15, -0.1) is 0 Å². The number of nitriles is 1. The first-order valence-corrected chi connectivity index (χ1v) is 7.25. The van der Waals surface area contributed by atoms with Crippen molar-refractivity contribution < 1.29 is 19.1 Å². The maximum Gasteiger partial charge on any atom is 0.335 e. The Hall–Kier alpha value is -3.33. The first kappa shape index (κ1) is 15.6. The van der Waals surface area contributed by atoms with E-state index in [4.69, 9.17) is 14.3 Å². The fraction of sp³-hybridized carbons (Fsp3) is 0.167. The number of aromatic carboxylic acids is 1. The molecule has 0 amide bonds. The third kappa shape index (κ3) is 2.79. The second kappa shape index (κ2) is 6.05. The molecule has 120 valence electrons. The molecule has 1 heterocycles. The van der Waals surface area contributed by atoms with Crippen LogP contribution < -0.4 is 4.74 Å². The van der Waals surface area contributed by atoms with Crippen molar-refractivity contribution >= 4 is 17.1 Å². The number of hydrogen-bond donors (Lipinski definition) is 1. The Morgan fingerprint density at radius 3 is 2.75 bits per heavy atom. The molecule has 0 saturated heterocycles. The first-order valence-electron chi connectivity index (χ1n) is 7.25. The average Bonchev–Trinajstić information content (AvgIpc) is 2.97. The lowest BCUT2D eigenvalue weighted by Crippen LogP contribution is -2.00. The van der Waals surface area contributed by atoms with Gasteiger partial charge in [-0.2, -0.15) is 5.26 Å². The van der Waals surface area contributed by atoms with Crippen LogP contribution in [0.2, 0.25) is 0 Å². The predicted octanol–water partition coefficient (Wildman–Crippen LogP) is 3.59. The molecule has 0 aliphatic rings. The molecule has 0 radical (unpaired) electrons. The number of aromatic nitrogens is 1. The molecule has 24 heavy (non-hydrogen) atoms. The molecule has 0 saturated carbocycles. The second-order valence-electron chi connectivity index (χ2n) is 5.40. The summed E-state index contributed by atoms with van der Waals surface area (Å²) in [6.45, 7) is 3.76. The van der Waals surface area contributed by atoms with Gasteiger partial charge in [0.2, 0.25) is 5.89 Å². The summed E-state index contributed by atoms with van der Waals surface area (Å²) >= 11 is 0. The minimum absolute atomic E-state index is 0.0516. The highest BCUT2D eigenvalue weighted by Crippen LogP contribution is 2.27. The van der Waals surface area contributed by atoms with Gasteiger partial charge in [0.1, 0.15) is 17.3 Å². The van der Waals surface area contributed by atoms with Crippen molar-refractivity contribution in [1.82, 2.24) is 4.98 Å². The van der Waals surface area contributed by atoms with Crippen LogP contribution in [0.15, 0.2) is 34.7 Å². The zero-order chi connectivity index (χ0) is 17.3. The highest BCUT2D eigenvalue weighted by atomic mass is 16.5. The molecule has 1 N–H and O–H groups in total. The average molecular weight is 322 g/mol. The Bertz CT molecular complexity index is 983. The third-order valence-electron chi connectivity index (χ3n) is 3.69. The van der Waals surface area contributed by atoms with Gasteiger partial charge in [0.25, 0.3) is 0 Å². The molecule has 6 nitrogen and oxygen atoms in total. The van der Waals surface area contributed by atoms with Gasteiger partial charge in [0.15, 0.2) is 12.2 Å². The minimum atomic E-state index is -1.03. The molecule has 0 aliphatic carbocycles. The Kier molecular flexibility index (Phi) is 3.92. The molecule has 0 unspecified atom stereocenters. The summed E-state index contributed by atoms with van der Waals surface area (Å²) in [5.74, 6) is -0.205. The van der Waals surface area contributed by atoms with E-state index in [1.807, 2.05) is 26.0 Å². The standard InChI is InChI=1S/C18H14N2O4/c1-10-3-4-11(2)17(13(10)8-19)23-9-16-20-14-6-5-12(18(21)22)7-15(14)24-16/h3-7H,9H2,1-2H3,(H,21,22). The highest BCUT2D eigenvalue weighted by Gasteiger charge is 2.13. The minimum Gasteiger partial charge on any atom is -0.482 e. The van der Waals surface area contributed by atoms with Crippen LogP contribution in [0, 0.1) is 25.2 Å². The van der Waals surface area contributed by atoms with Crippen molar-refractivity contribution in [3.8, 4) is 11.8 Å². The lowest BCUT2D eigenvalue weighted by atomic mass is 10.1. The maximum absolute atomic E-state index is 11.0. The number of nitrogens with zero attached hydrogens (tertiary/aromatic N) is 2. The molecule has 6 heteroatoms. The molecule has 0 atom stereocenters. The van der Waals surface area contributed by atoms with Crippen molar-refractivity contribution in [3.05, 3.63) is 58.5 Å². The molecule has 3 aromatic rings. The smallest absolute Gasteiger partial charge is 0.335 e. The van der Waals surface area contributed by atoms with Crippen LogP contribution in [-0.2, 0) is 6.61 Å². The van der Waals surface area contributed by atoms with E-state index in [9.17, 15) is 10.1 Å². The zero-order valence-electron chi connectivity index (χ0n) is 13.2. The SMILES string of the molecule is Cc1ccc(C)c(OCc2nc3ccc(C(=O)O)cc3o2)c1C#N. The van der Waals surface area contributed by atoms with Crippen LogP contribution in [0.5, 0.6) is 5.75 Å². The van der Waals surface area contributed by atoms with E-state index in [-0.39, 0.29) is 12.2 Å². The van der Waals surface area contributed by atoms with Crippen molar-refractivity contribution in [1.29, 1.82) is 5.26 Å². The first-order chi connectivity index (χ1) is 11.5. The van der Waals surface area contributed by atoms with E-state index in [2.05, 4.69) is 11.1 Å². The molecule has 2 aromatic carbocycles. The van der Waals surface area contributed by atoms with Crippen molar-refractivity contribution in [2.75, 3.05) is 0 Å². The van der Waals surface area contributed by atoms with Gasteiger partial charge < -0.3 is 14.3 Å². The van der Waals surface area contributed by atoms with E-state index < -0.39 is 5.97 Å². The summed E-state index contributed by atoms with van der Waals surface area (Å²) in [7, 11) is 0. The number of hydrogen-bond acceptors (Lipinski definition) is 5. The van der Waals surface area contributed by atoms with Crippen LogP contribution in [0.4, 0.5) is 0 Å². The Balaban J connectivity index is 1.88. The number of carboxylic acid groups (broad SMARTS) is 1. The van der Waals surface area contributed by atoms with E-state index in [1.54, 1.807) is 6.07 Å². The van der Waals surface area contributed by atoms with Gasteiger partial charge in [-0.1, -0.05) is 12.1 Å². The molecule has 0 aliphatic heterocycles. The molecule has 3 rings (SSSR count). The van der Waals surface area contributed by atoms with Crippen LogP contribution >= 0.6 is 0 Å². The van der Waals surface area contributed by atoms with E-state index in [1.165, 1.54) is 12.1 Å². The number of oxazole rings is 1. The van der Waals surface area contributed by atoms with Gasteiger partial charge in [-0.05, 0) is 43.2 Å². The quantitative estimate of drug-likeness (QED) is 0.788. The van der Waals surface area contributed by atoms with Crippen molar-refractivity contribution in [3.63, 3.8) is 0 Å². The molecule has 0 bridgehead atoms. The van der Waals surface area contributed by atoms with Gasteiger partial charge in [0.05, 0.1) is 11.1 Å². The topological polar surface area (TPSA) is 96.3 Å². The van der Waals surface area contributed by atoms with Gasteiger partial charge in [0, 0.05) is 0 Å². The van der Waals surface area contributed by atoms with Crippen molar-refractivity contribution in [2.24, 2.45) is 0 Å². The molecule has 1 aromatic heterocycles. The number of fused-ring (bicyclic) bond motifs is 1. The predicted molar refractivity (Wildman–Crippen MR) is 85.9 cm³/mol. The number of carbonyl (C=O) groups is 1. The third-order valence-corrected chi connectivity index (χ3v) is 3.69. The number of aryl methyl sites for hydroxylation is 2. The molecule has 0 spiro atoms. The summed E-state index contributed by atoms with van der Waals surface area (Å²) < 4.78 is 11.3. The van der Waals surface area contributed by atoms with Crippen molar-refractivity contribution in [2.45, 2.75) is 20.5 Å². The maximum atomic E-state index is 11.0. The molecule has 0 fully saturated rings. The fourth-order valence-electron chi connectivity index (χ4n) is 2.41. The van der Waals surface area contributed by atoms with Gasteiger partial charge in [-0.25, -0.2) is 9.78 Å². The largest absolute Gasteiger partial charge is 0.482 e. The number of ether oxygens (including phenoxy) is 1. The fourth-order valence-corrected chi connectivity index (χ4v) is 2.41. The van der Waals surface area contributed by atoms with E-state index in [0.717, 1.165) is 11.1 Å². The van der Waals surface area contributed by atoms with Crippen LogP contribution in [0.1, 0.15) is 32.9 Å². The number of benzene rings is 2. The monoisotopic (exact) mass is 322 g/mol. The van der Waals surface area contributed by atoms with Crippen LogP contribution in [-0.4, -0.2) is 16.1 Å². The number of carboxylic acids is 1. The summed E-state index contributed by atoms with van der Waals surface area (Å²) in [6.07, 6.45) is 0. The summed E-state index contributed by atoms with van der Waals surface area (Å²) in [5.41, 5.74) is 3.24. The Labute approximate surface area is 137 Å². The molecular formula is C18H14N2O4. The summed E-state index contributed by atoms with van der Waals surface area (Å²) in [4.78, 5) is 15.3. The summed E-state index contributed by atoms with van der Waals surface area (Å²) in [6, 6.07) is 10.4. The second-order valence-corrected chi connectivity index (χ2v) is 5.40. The Morgan fingerprint density at radius 2 is 2.04 bits per heavy atom. The lowest BCUT2D eigenvalue weighted by Gasteiger charge is -2.10. The van der Waals surface area contributed by atoms with E-state index in [0.29, 0.717) is 28.3 Å². The lowest BCUT2D eigenvalue weighted by molar-refractivity contribution is 0.0697. The summed E-state index contributed by atoms with van der Waals surface area (Å²) in [5, 5.41) is 18.3. The number of rotatable bonds is 4.